The molecular weight excluding hydrogens is 304 g/mol. The quantitative estimate of drug-likeness (QED) is 0.683. The van der Waals surface area contributed by atoms with Gasteiger partial charge < -0.3 is 4.57 Å². The molecule has 3 rings (SSSR count). The fourth-order valence-corrected chi connectivity index (χ4v) is 3.29. The summed E-state index contributed by atoms with van der Waals surface area (Å²) < 4.78 is 1.99. The molecule has 1 heterocycles. The van der Waals surface area contributed by atoms with E-state index in [0.29, 0.717) is 11.3 Å². The highest BCUT2D eigenvalue weighted by Crippen LogP contribution is 2.26. The van der Waals surface area contributed by atoms with Crippen LogP contribution in [-0.4, -0.2) is 14.8 Å². The molecule has 114 valence electrons. The molecule has 0 amide bonds. The van der Waals surface area contributed by atoms with Crippen LogP contribution in [0.5, 0.6) is 0 Å². The average Bonchev–Trinajstić information content (AvgIpc) is 2.94. The number of aromatic nitrogens is 3. The number of hydrogen-bond donors (Lipinski definition) is 0. The van der Waals surface area contributed by atoms with Gasteiger partial charge in [-0.1, -0.05) is 53.7 Å². The van der Waals surface area contributed by atoms with E-state index < -0.39 is 0 Å². The monoisotopic (exact) mass is 320 g/mol. The van der Waals surface area contributed by atoms with Crippen molar-refractivity contribution in [2.75, 3.05) is 0 Å². The summed E-state index contributed by atoms with van der Waals surface area (Å²) in [6.07, 6.45) is 0. The molecular formula is C18H16N4S. The molecule has 0 unspecified atom stereocenters. The standard InChI is InChI=1S/C18H16N4S/c1-13-6-5-9-14(10-13)17-20-21-18(22(17)2)23-12-16-8-4-3-7-15(16)11-19/h3-10H,12H2,1-2H3. The number of hydrogen-bond acceptors (Lipinski definition) is 4. The topological polar surface area (TPSA) is 54.5 Å². The van der Waals surface area contributed by atoms with Gasteiger partial charge in [-0.2, -0.15) is 5.26 Å². The van der Waals surface area contributed by atoms with Gasteiger partial charge in [0.2, 0.25) is 0 Å². The van der Waals surface area contributed by atoms with Gasteiger partial charge in [0.25, 0.3) is 0 Å². The largest absolute Gasteiger partial charge is 0.305 e. The number of rotatable bonds is 4. The fraction of sp³-hybridized carbons (Fsp3) is 0.167. The van der Waals surface area contributed by atoms with Crippen LogP contribution in [0.25, 0.3) is 11.4 Å². The van der Waals surface area contributed by atoms with E-state index in [2.05, 4.69) is 35.3 Å². The first-order valence-corrected chi connectivity index (χ1v) is 8.25. The molecule has 0 radical (unpaired) electrons. The number of benzene rings is 2. The minimum atomic E-state index is 0.698. The molecule has 2 aromatic carbocycles. The molecule has 3 aromatic rings. The molecule has 0 aliphatic carbocycles. The number of thioether (sulfide) groups is 1. The van der Waals surface area contributed by atoms with Crippen molar-refractivity contribution in [1.29, 1.82) is 5.26 Å². The van der Waals surface area contributed by atoms with E-state index in [-0.39, 0.29) is 0 Å². The molecule has 0 fully saturated rings. The summed E-state index contributed by atoms with van der Waals surface area (Å²) in [5.41, 5.74) is 3.98. The Morgan fingerprint density at radius 2 is 1.96 bits per heavy atom. The zero-order valence-corrected chi connectivity index (χ0v) is 13.8. The lowest BCUT2D eigenvalue weighted by Crippen LogP contribution is -1.96. The summed E-state index contributed by atoms with van der Waals surface area (Å²) in [5, 5.41) is 18.6. The smallest absolute Gasteiger partial charge is 0.191 e. The Kier molecular flexibility index (Phi) is 4.45. The van der Waals surface area contributed by atoms with E-state index in [0.717, 1.165) is 22.1 Å². The molecule has 0 bridgehead atoms. The molecule has 0 saturated heterocycles. The molecule has 4 nitrogen and oxygen atoms in total. The van der Waals surface area contributed by atoms with Gasteiger partial charge in [0.05, 0.1) is 11.6 Å². The van der Waals surface area contributed by atoms with Gasteiger partial charge in [-0.25, -0.2) is 0 Å². The van der Waals surface area contributed by atoms with Crippen LogP contribution in [0.2, 0.25) is 0 Å². The van der Waals surface area contributed by atoms with E-state index in [1.807, 2.05) is 48.0 Å². The number of nitriles is 1. The molecule has 1 aromatic heterocycles. The zero-order chi connectivity index (χ0) is 16.2. The second-order valence-corrected chi connectivity index (χ2v) is 6.23. The van der Waals surface area contributed by atoms with Gasteiger partial charge in [0, 0.05) is 18.4 Å². The Hall–Kier alpha value is -2.58. The predicted molar refractivity (Wildman–Crippen MR) is 91.9 cm³/mol. The second-order valence-electron chi connectivity index (χ2n) is 5.29. The molecule has 0 saturated carbocycles. The van der Waals surface area contributed by atoms with Gasteiger partial charge in [-0.15, -0.1) is 10.2 Å². The van der Waals surface area contributed by atoms with E-state index >= 15 is 0 Å². The van der Waals surface area contributed by atoms with Gasteiger partial charge in [0.1, 0.15) is 0 Å². The number of nitrogens with zero attached hydrogens (tertiary/aromatic N) is 4. The first-order chi connectivity index (χ1) is 11.2. The van der Waals surface area contributed by atoms with Crippen molar-refractivity contribution in [3.63, 3.8) is 0 Å². The third-order valence-electron chi connectivity index (χ3n) is 3.61. The Morgan fingerprint density at radius 3 is 2.74 bits per heavy atom. The molecule has 0 aliphatic heterocycles. The van der Waals surface area contributed by atoms with Gasteiger partial charge in [-0.3, -0.25) is 0 Å². The Balaban J connectivity index is 1.82. The first kappa shape index (κ1) is 15.3. The number of aryl methyl sites for hydroxylation is 1. The summed E-state index contributed by atoms with van der Waals surface area (Å²) in [5.74, 6) is 1.55. The first-order valence-electron chi connectivity index (χ1n) is 7.26. The summed E-state index contributed by atoms with van der Waals surface area (Å²) in [7, 11) is 1.97. The molecule has 5 heteroatoms. The van der Waals surface area contributed by atoms with Crippen LogP contribution >= 0.6 is 11.8 Å². The van der Waals surface area contributed by atoms with Crippen molar-refractivity contribution in [3.8, 4) is 17.5 Å². The van der Waals surface area contributed by atoms with Crippen LogP contribution < -0.4 is 0 Å². The van der Waals surface area contributed by atoms with Crippen LogP contribution in [0.3, 0.4) is 0 Å². The minimum Gasteiger partial charge on any atom is -0.305 e. The highest BCUT2D eigenvalue weighted by Gasteiger charge is 2.12. The maximum atomic E-state index is 9.16. The summed E-state index contributed by atoms with van der Waals surface area (Å²) in [6.45, 7) is 2.06. The maximum Gasteiger partial charge on any atom is 0.191 e. The third kappa shape index (κ3) is 3.27. The maximum absolute atomic E-state index is 9.16. The minimum absolute atomic E-state index is 0.698. The summed E-state index contributed by atoms with van der Waals surface area (Å²) in [4.78, 5) is 0. The van der Waals surface area contributed by atoms with Crippen molar-refractivity contribution in [1.82, 2.24) is 14.8 Å². The normalized spacial score (nSPS) is 10.5. The van der Waals surface area contributed by atoms with Crippen molar-refractivity contribution in [2.24, 2.45) is 7.05 Å². The Labute approximate surface area is 139 Å². The van der Waals surface area contributed by atoms with Crippen molar-refractivity contribution in [2.45, 2.75) is 17.8 Å². The lowest BCUT2D eigenvalue weighted by Gasteiger charge is -2.05. The Bertz CT molecular complexity index is 877. The van der Waals surface area contributed by atoms with Gasteiger partial charge in [0.15, 0.2) is 11.0 Å². The van der Waals surface area contributed by atoms with E-state index in [1.165, 1.54) is 5.56 Å². The van der Waals surface area contributed by atoms with E-state index in [1.54, 1.807) is 11.8 Å². The lowest BCUT2D eigenvalue weighted by molar-refractivity contribution is 0.793. The molecule has 0 N–H and O–H groups in total. The van der Waals surface area contributed by atoms with Crippen LogP contribution in [0.4, 0.5) is 0 Å². The van der Waals surface area contributed by atoms with Crippen LogP contribution in [-0.2, 0) is 12.8 Å². The fourth-order valence-electron chi connectivity index (χ4n) is 2.37. The highest BCUT2D eigenvalue weighted by atomic mass is 32.2. The van der Waals surface area contributed by atoms with E-state index in [9.17, 15) is 0 Å². The molecule has 0 spiro atoms. The lowest BCUT2D eigenvalue weighted by atomic mass is 10.1. The zero-order valence-electron chi connectivity index (χ0n) is 13.0. The van der Waals surface area contributed by atoms with Crippen molar-refractivity contribution < 1.29 is 0 Å². The van der Waals surface area contributed by atoms with Gasteiger partial charge in [-0.05, 0) is 24.6 Å². The molecule has 0 aliphatic rings. The van der Waals surface area contributed by atoms with Gasteiger partial charge >= 0.3 is 0 Å². The highest BCUT2D eigenvalue weighted by molar-refractivity contribution is 7.98. The van der Waals surface area contributed by atoms with Crippen LogP contribution in [0.1, 0.15) is 16.7 Å². The SMILES string of the molecule is Cc1cccc(-c2nnc(SCc3ccccc3C#N)n2C)c1. The predicted octanol–water partition coefficient (Wildman–Crippen LogP) is 3.95. The Morgan fingerprint density at radius 1 is 1.13 bits per heavy atom. The van der Waals surface area contributed by atoms with Crippen molar-refractivity contribution >= 4 is 11.8 Å². The summed E-state index contributed by atoms with van der Waals surface area (Å²) >= 11 is 1.59. The van der Waals surface area contributed by atoms with Crippen LogP contribution in [0.15, 0.2) is 53.7 Å². The van der Waals surface area contributed by atoms with Crippen molar-refractivity contribution in [3.05, 3.63) is 65.2 Å². The molecule has 23 heavy (non-hydrogen) atoms. The molecule has 0 atom stereocenters. The second kappa shape index (κ2) is 6.67. The average molecular weight is 320 g/mol. The summed E-state index contributed by atoms with van der Waals surface area (Å²) in [6, 6.07) is 18.1. The van der Waals surface area contributed by atoms with Crippen LogP contribution in [0, 0.1) is 18.3 Å². The third-order valence-corrected chi connectivity index (χ3v) is 4.67. The van der Waals surface area contributed by atoms with E-state index in [4.69, 9.17) is 5.26 Å².